The van der Waals surface area contributed by atoms with Crippen molar-refractivity contribution in [1.29, 1.82) is 0 Å². The molecule has 0 bridgehead atoms. The van der Waals surface area contributed by atoms with E-state index in [1.54, 1.807) is 0 Å². The first-order chi connectivity index (χ1) is 16.1. The van der Waals surface area contributed by atoms with Gasteiger partial charge in [-0.15, -0.1) is 0 Å². The Bertz CT molecular complexity index is 1030. The lowest BCUT2D eigenvalue weighted by molar-refractivity contribution is -0.123. The molecule has 2 aliphatic heterocycles. The Morgan fingerprint density at radius 2 is 1.70 bits per heavy atom. The average molecular weight is 450 g/mol. The molecule has 2 amide bonds. The molecule has 1 unspecified atom stereocenters. The first kappa shape index (κ1) is 21.8. The van der Waals surface area contributed by atoms with Crippen LogP contribution in [0.1, 0.15) is 41.6 Å². The fourth-order valence-corrected chi connectivity index (χ4v) is 5.33. The summed E-state index contributed by atoms with van der Waals surface area (Å²) in [4.78, 5) is 30.7. The molecule has 33 heavy (non-hydrogen) atoms. The van der Waals surface area contributed by atoms with E-state index < -0.39 is 0 Å². The Hall–Kier alpha value is -3.06. The quantitative estimate of drug-likeness (QED) is 0.754. The van der Waals surface area contributed by atoms with Crippen molar-refractivity contribution in [2.24, 2.45) is 5.92 Å². The second-order valence-electron chi connectivity index (χ2n) is 9.19. The van der Waals surface area contributed by atoms with Crippen molar-refractivity contribution in [3.8, 4) is 11.5 Å². The molecular weight excluding hydrogens is 418 g/mol. The van der Waals surface area contributed by atoms with Crippen LogP contribution < -0.4 is 14.8 Å². The third-order valence-corrected chi connectivity index (χ3v) is 7.13. The normalized spacial score (nSPS) is 19.5. The number of hydrogen-bond acceptors (Lipinski definition) is 5. The number of fused-ring (bicyclic) bond motifs is 1. The standard InChI is InChI=1S/C26H31N3O4/c1-18-6-2-5-9-21(18)26(31)29-14-12-28(13-15-29)24(19-7-3-4-8-19)25(30)27-20-10-11-22-23(16-20)33-17-32-22/h2,5-6,9-11,16,19,24H,3-4,7-8,12-15,17H2,1H3,(H,27,30). The Balaban J connectivity index is 1.27. The van der Waals surface area contributed by atoms with Gasteiger partial charge >= 0.3 is 0 Å². The molecule has 1 aliphatic carbocycles. The van der Waals surface area contributed by atoms with Gasteiger partial charge in [0, 0.05) is 43.5 Å². The van der Waals surface area contributed by atoms with Gasteiger partial charge in [0.15, 0.2) is 11.5 Å². The molecule has 5 rings (SSSR count). The van der Waals surface area contributed by atoms with E-state index in [9.17, 15) is 9.59 Å². The van der Waals surface area contributed by atoms with E-state index in [4.69, 9.17) is 9.47 Å². The highest BCUT2D eigenvalue weighted by atomic mass is 16.7. The van der Waals surface area contributed by atoms with E-state index >= 15 is 0 Å². The number of benzene rings is 2. The van der Waals surface area contributed by atoms with Crippen LogP contribution >= 0.6 is 0 Å². The number of nitrogens with zero attached hydrogens (tertiary/aromatic N) is 2. The van der Waals surface area contributed by atoms with E-state index in [0.717, 1.165) is 29.7 Å². The Labute approximate surface area is 194 Å². The predicted molar refractivity (Wildman–Crippen MR) is 126 cm³/mol. The van der Waals surface area contributed by atoms with Gasteiger partial charge < -0.3 is 19.7 Å². The summed E-state index contributed by atoms with van der Waals surface area (Å²) in [6, 6.07) is 13.1. The van der Waals surface area contributed by atoms with Gasteiger partial charge in [0.1, 0.15) is 0 Å². The zero-order chi connectivity index (χ0) is 22.8. The van der Waals surface area contributed by atoms with Crippen LogP contribution in [0.15, 0.2) is 42.5 Å². The van der Waals surface area contributed by atoms with Crippen LogP contribution in [0.5, 0.6) is 11.5 Å². The first-order valence-corrected chi connectivity index (χ1v) is 11.9. The van der Waals surface area contributed by atoms with E-state index in [-0.39, 0.29) is 24.6 Å². The van der Waals surface area contributed by atoms with Gasteiger partial charge in [-0.2, -0.15) is 0 Å². The molecule has 0 spiro atoms. The molecular formula is C26H31N3O4. The Morgan fingerprint density at radius 3 is 2.45 bits per heavy atom. The number of piperazine rings is 1. The van der Waals surface area contributed by atoms with Crippen molar-refractivity contribution in [3.05, 3.63) is 53.6 Å². The number of ether oxygens (including phenoxy) is 2. The maximum atomic E-state index is 13.5. The Morgan fingerprint density at radius 1 is 0.970 bits per heavy atom. The van der Waals surface area contributed by atoms with Crippen LogP contribution in [-0.4, -0.2) is 60.6 Å². The summed E-state index contributed by atoms with van der Waals surface area (Å²) in [7, 11) is 0. The summed E-state index contributed by atoms with van der Waals surface area (Å²) < 4.78 is 10.8. The van der Waals surface area contributed by atoms with Crippen molar-refractivity contribution >= 4 is 17.5 Å². The smallest absolute Gasteiger partial charge is 0.254 e. The van der Waals surface area contributed by atoms with Gasteiger partial charge in [-0.3, -0.25) is 14.5 Å². The van der Waals surface area contributed by atoms with E-state index in [1.807, 2.05) is 54.3 Å². The van der Waals surface area contributed by atoms with Crippen LogP contribution in [-0.2, 0) is 4.79 Å². The summed E-state index contributed by atoms with van der Waals surface area (Å²) in [5.41, 5.74) is 2.48. The van der Waals surface area contributed by atoms with E-state index in [0.29, 0.717) is 43.6 Å². The lowest BCUT2D eigenvalue weighted by atomic mass is 9.94. The van der Waals surface area contributed by atoms with Crippen LogP contribution in [0, 0.1) is 12.8 Å². The predicted octanol–water partition coefficient (Wildman–Crippen LogP) is 3.68. The minimum absolute atomic E-state index is 0.0273. The molecule has 1 saturated heterocycles. The summed E-state index contributed by atoms with van der Waals surface area (Å²) in [6.45, 7) is 4.85. The minimum atomic E-state index is -0.186. The average Bonchev–Trinajstić information content (AvgIpc) is 3.52. The number of amides is 2. The molecule has 2 fully saturated rings. The fraction of sp³-hybridized carbons (Fsp3) is 0.462. The summed E-state index contributed by atoms with van der Waals surface area (Å²) in [6.07, 6.45) is 4.48. The van der Waals surface area contributed by atoms with Crippen molar-refractivity contribution in [2.75, 3.05) is 38.3 Å². The molecule has 1 saturated carbocycles. The molecule has 7 nitrogen and oxygen atoms in total. The molecule has 7 heteroatoms. The molecule has 2 aromatic rings. The zero-order valence-corrected chi connectivity index (χ0v) is 19.1. The topological polar surface area (TPSA) is 71.1 Å². The number of hydrogen-bond donors (Lipinski definition) is 1. The summed E-state index contributed by atoms with van der Waals surface area (Å²) in [5.74, 6) is 1.82. The van der Waals surface area contributed by atoms with E-state index in [2.05, 4.69) is 10.2 Å². The van der Waals surface area contributed by atoms with Gasteiger partial charge in [0.05, 0.1) is 6.04 Å². The van der Waals surface area contributed by atoms with E-state index in [1.165, 1.54) is 12.8 Å². The van der Waals surface area contributed by atoms with Crippen LogP contribution in [0.2, 0.25) is 0 Å². The molecule has 1 atom stereocenters. The summed E-state index contributed by atoms with van der Waals surface area (Å²) >= 11 is 0. The molecule has 0 aromatic heterocycles. The second-order valence-corrected chi connectivity index (χ2v) is 9.19. The fourth-order valence-electron chi connectivity index (χ4n) is 5.33. The number of carbonyl (C=O) groups is 2. The van der Waals surface area contributed by atoms with Gasteiger partial charge in [-0.1, -0.05) is 31.0 Å². The maximum Gasteiger partial charge on any atom is 0.254 e. The SMILES string of the molecule is Cc1ccccc1C(=O)N1CCN(C(C(=O)Nc2ccc3c(c2)OCO3)C2CCCC2)CC1. The van der Waals surface area contributed by atoms with Crippen molar-refractivity contribution < 1.29 is 19.1 Å². The van der Waals surface area contributed by atoms with Gasteiger partial charge in [0.25, 0.3) is 5.91 Å². The van der Waals surface area contributed by atoms with Crippen molar-refractivity contribution in [1.82, 2.24) is 9.80 Å². The number of rotatable bonds is 5. The minimum Gasteiger partial charge on any atom is -0.454 e. The van der Waals surface area contributed by atoms with Crippen molar-refractivity contribution in [2.45, 2.75) is 38.6 Å². The molecule has 3 aliphatic rings. The summed E-state index contributed by atoms with van der Waals surface area (Å²) in [5, 5.41) is 3.12. The highest BCUT2D eigenvalue weighted by Crippen LogP contribution is 2.35. The first-order valence-electron chi connectivity index (χ1n) is 11.9. The third kappa shape index (κ3) is 4.55. The third-order valence-electron chi connectivity index (χ3n) is 7.13. The number of carbonyl (C=O) groups excluding carboxylic acids is 2. The number of aryl methyl sites for hydroxylation is 1. The lowest BCUT2D eigenvalue weighted by Gasteiger charge is -2.40. The monoisotopic (exact) mass is 449 g/mol. The van der Waals surface area contributed by atoms with Crippen molar-refractivity contribution in [3.63, 3.8) is 0 Å². The zero-order valence-electron chi connectivity index (χ0n) is 19.1. The van der Waals surface area contributed by atoms with Crippen LogP contribution in [0.3, 0.4) is 0 Å². The van der Waals surface area contributed by atoms with Gasteiger partial charge in [-0.25, -0.2) is 0 Å². The lowest BCUT2D eigenvalue weighted by Crippen LogP contribution is -2.57. The van der Waals surface area contributed by atoms with Crippen LogP contribution in [0.25, 0.3) is 0 Å². The van der Waals surface area contributed by atoms with Gasteiger partial charge in [-0.05, 0) is 49.4 Å². The number of anilines is 1. The maximum absolute atomic E-state index is 13.5. The Kier molecular flexibility index (Phi) is 6.22. The highest BCUT2D eigenvalue weighted by molar-refractivity contribution is 5.96. The highest BCUT2D eigenvalue weighted by Gasteiger charge is 2.37. The largest absolute Gasteiger partial charge is 0.454 e. The van der Waals surface area contributed by atoms with Gasteiger partial charge in [0.2, 0.25) is 12.7 Å². The number of nitrogens with one attached hydrogen (secondary N) is 1. The molecule has 1 N–H and O–H groups in total. The second kappa shape index (κ2) is 9.43. The van der Waals surface area contributed by atoms with Crippen LogP contribution in [0.4, 0.5) is 5.69 Å². The molecule has 0 radical (unpaired) electrons. The molecule has 174 valence electrons. The molecule has 2 heterocycles. The molecule has 2 aromatic carbocycles.